The van der Waals surface area contributed by atoms with Crippen LogP contribution in [0.5, 0.6) is 0 Å². The van der Waals surface area contributed by atoms with Crippen molar-refractivity contribution in [3.8, 4) is 0 Å². The molecule has 1 aliphatic rings. The normalized spacial score (nSPS) is 20.4. The van der Waals surface area contributed by atoms with Crippen molar-refractivity contribution in [2.24, 2.45) is 0 Å². The minimum atomic E-state index is 0.488. The van der Waals surface area contributed by atoms with E-state index in [0.29, 0.717) is 6.04 Å². The van der Waals surface area contributed by atoms with Crippen molar-refractivity contribution >= 4 is 11.4 Å². The lowest BCUT2D eigenvalue weighted by atomic mass is 10.1. The lowest BCUT2D eigenvalue weighted by molar-refractivity contribution is 0.479. The van der Waals surface area contributed by atoms with Crippen molar-refractivity contribution in [1.29, 1.82) is 0 Å². The summed E-state index contributed by atoms with van der Waals surface area (Å²) in [7, 11) is 0. The van der Waals surface area contributed by atoms with Crippen LogP contribution in [0.25, 0.3) is 5.57 Å². The molecular weight excluding hydrogens is 198 g/mol. The summed E-state index contributed by atoms with van der Waals surface area (Å²) in [6, 6.07) is 4.50. The second kappa shape index (κ2) is 5.12. The van der Waals surface area contributed by atoms with Gasteiger partial charge in [-0.3, -0.25) is 0 Å². The second-order valence-corrected chi connectivity index (χ2v) is 4.37. The standard InChI is InChI=1S/C13H19N3/c1-10(2)12-6-4-8-15-13(12)16-11-5-3-7-14-9-11/h4,6,8,11,14H,1,3,5,7,9H2,2H3,(H,15,16)/t11-/m1/s1. The highest BCUT2D eigenvalue weighted by Crippen LogP contribution is 2.21. The molecule has 0 aromatic carbocycles. The molecule has 1 aliphatic heterocycles. The van der Waals surface area contributed by atoms with Crippen LogP contribution in [0.3, 0.4) is 0 Å². The first kappa shape index (κ1) is 11.1. The Balaban J connectivity index is 2.10. The van der Waals surface area contributed by atoms with Gasteiger partial charge in [-0.2, -0.15) is 0 Å². The van der Waals surface area contributed by atoms with Crippen molar-refractivity contribution in [2.45, 2.75) is 25.8 Å². The summed E-state index contributed by atoms with van der Waals surface area (Å²) in [5.74, 6) is 0.962. The van der Waals surface area contributed by atoms with Gasteiger partial charge >= 0.3 is 0 Å². The van der Waals surface area contributed by atoms with Crippen LogP contribution in [-0.2, 0) is 0 Å². The molecule has 86 valence electrons. The molecule has 2 rings (SSSR count). The lowest BCUT2D eigenvalue weighted by Crippen LogP contribution is -2.38. The number of hydrogen-bond donors (Lipinski definition) is 2. The molecule has 3 heteroatoms. The van der Waals surface area contributed by atoms with Crippen LogP contribution in [0.15, 0.2) is 24.9 Å². The van der Waals surface area contributed by atoms with E-state index in [1.165, 1.54) is 12.8 Å². The maximum absolute atomic E-state index is 4.39. The van der Waals surface area contributed by atoms with E-state index in [2.05, 4.69) is 28.3 Å². The molecule has 0 saturated carbocycles. The van der Waals surface area contributed by atoms with Gasteiger partial charge in [0.2, 0.25) is 0 Å². The third-order valence-corrected chi connectivity index (χ3v) is 2.91. The highest BCUT2D eigenvalue weighted by atomic mass is 15.1. The predicted molar refractivity (Wildman–Crippen MR) is 68.5 cm³/mol. The average molecular weight is 217 g/mol. The van der Waals surface area contributed by atoms with E-state index >= 15 is 0 Å². The van der Waals surface area contributed by atoms with E-state index < -0.39 is 0 Å². The zero-order chi connectivity index (χ0) is 11.4. The maximum atomic E-state index is 4.39. The van der Waals surface area contributed by atoms with Crippen molar-refractivity contribution in [2.75, 3.05) is 18.4 Å². The maximum Gasteiger partial charge on any atom is 0.133 e. The van der Waals surface area contributed by atoms with Crippen molar-refractivity contribution < 1.29 is 0 Å². The Hall–Kier alpha value is -1.35. The first-order valence-corrected chi connectivity index (χ1v) is 5.85. The van der Waals surface area contributed by atoms with Gasteiger partial charge < -0.3 is 10.6 Å². The number of piperidine rings is 1. The number of anilines is 1. The number of nitrogens with zero attached hydrogens (tertiary/aromatic N) is 1. The Bertz CT molecular complexity index is 367. The monoisotopic (exact) mass is 217 g/mol. The van der Waals surface area contributed by atoms with E-state index in [1.807, 2.05) is 19.2 Å². The summed E-state index contributed by atoms with van der Waals surface area (Å²) in [5, 5.41) is 6.89. The highest BCUT2D eigenvalue weighted by Gasteiger charge is 2.14. The van der Waals surface area contributed by atoms with Crippen LogP contribution in [-0.4, -0.2) is 24.1 Å². The van der Waals surface area contributed by atoms with Gasteiger partial charge in [-0.25, -0.2) is 4.98 Å². The largest absolute Gasteiger partial charge is 0.366 e. The third-order valence-electron chi connectivity index (χ3n) is 2.91. The van der Waals surface area contributed by atoms with Gasteiger partial charge in [-0.1, -0.05) is 6.58 Å². The SMILES string of the molecule is C=C(C)c1cccnc1N[C@@H]1CCCNC1. The van der Waals surface area contributed by atoms with Crippen molar-refractivity contribution in [3.05, 3.63) is 30.5 Å². The first-order valence-electron chi connectivity index (χ1n) is 5.85. The van der Waals surface area contributed by atoms with Crippen LogP contribution < -0.4 is 10.6 Å². The quantitative estimate of drug-likeness (QED) is 0.815. The molecule has 0 radical (unpaired) electrons. The first-order chi connectivity index (χ1) is 7.77. The minimum absolute atomic E-state index is 0.488. The van der Waals surface area contributed by atoms with E-state index in [9.17, 15) is 0 Å². The second-order valence-electron chi connectivity index (χ2n) is 4.37. The van der Waals surface area contributed by atoms with E-state index in [1.54, 1.807) is 0 Å². The Morgan fingerprint density at radius 3 is 3.19 bits per heavy atom. The van der Waals surface area contributed by atoms with Crippen LogP contribution in [0.2, 0.25) is 0 Å². The molecule has 0 amide bonds. The Morgan fingerprint density at radius 2 is 2.50 bits per heavy atom. The number of aromatic nitrogens is 1. The fourth-order valence-electron chi connectivity index (χ4n) is 2.03. The Labute approximate surface area is 97.0 Å². The predicted octanol–water partition coefficient (Wildman–Crippen LogP) is 2.28. The third kappa shape index (κ3) is 2.61. The summed E-state index contributed by atoms with van der Waals surface area (Å²) in [5.41, 5.74) is 2.17. The summed E-state index contributed by atoms with van der Waals surface area (Å²) < 4.78 is 0. The number of hydrogen-bond acceptors (Lipinski definition) is 3. The summed E-state index contributed by atoms with van der Waals surface area (Å²) in [4.78, 5) is 4.39. The molecule has 1 saturated heterocycles. The molecule has 1 aromatic rings. The molecule has 3 nitrogen and oxygen atoms in total. The van der Waals surface area contributed by atoms with Crippen LogP contribution in [0, 0.1) is 0 Å². The van der Waals surface area contributed by atoms with Crippen molar-refractivity contribution in [1.82, 2.24) is 10.3 Å². The molecule has 1 fully saturated rings. The zero-order valence-corrected chi connectivity index (χ0v) is 9.79. The fraction of sp³-hybridized carbons (Fsp3) is 0.462. The van der Waals surface area contributed by atoms with Crippen LogP contribution in [0.1, 0.15) is 25.3 Å². The van der Waals surface area contributed by atoms with Gasteiger partial charge in [0.15, 0.2) is 0 Å². The Morgan fingerprint density at radius 1 is 1.62 bits per heavy atom. The smallest absolute Gasteiger partial charge is 0.133 e. The van der Waals surface area contributed by atoms with Gasteiger partial charge in [0.05, 0.1) is 0 Å². The molecular formula is C13H19N3. The number of pyridine rings is 1. The van der Waals surface area contributed by atoms with Gasteiger partial charge in [-0.15, -0.1) is 0 Å². The van der Waals surface area contributed by atoms with E-state index in [-0.39, 0.29) is 0 Å². The molecule has 2 heterocycles. The Kier molecular flexibility index (Phi) is 3.57. The number of nitrogens with one attached hydrogen (secondary N) is 2. The summed E-state index contributed by atoms with van der Waals surface area (Å²) >= 11 is 0. The molecule has 2 N–H and O–H groups in total. The van der Waals surface area contributed by atoms with Gasteiger partial charge in [0, 0.05) is 24.3 Å². The molecule has 0 spiro atoms. The van der Waals surface area contributed by atoms with Crippen LogP contribution >= 0.6 is 0 Å². The van der Waals surface area contributed by atoms with Gasteiger partial charge in [0.25, 0.3) is 0 Å². The molecule has 1 atom stereocenters. The lowest BCUT2D eigenvalue weighted by Gasteiger charge is -2.25. The summed E-state index contributed by atoms with van der Waals surface area (Å²) in [6.07, 6.45) is 4.26. The molecule has 0 bridgehead atoms. The average Bonchev–Trinajstić information content (AvgIpc) is 2.31. The van der Waals surface area contributed by atoms with Crippen molar-refractivity contribution in [3.63, 3.8) is 0 Å². The topological polar surface area (TPSA) is 37.0 Å². The van der Waals surface area contributed by atoms with E-state index in [0.717, 1.165) is 30.0 Å². The number of rotatable bonds is 3. The molecule has 1 aromatic heterocycles. The van der Waals surface area contributed by atoms with E-state index in [4.69, 9.17) is 0 Å². The highest BCUT2D eigenvalue weighted by molar-refractivity contribution is 5.71. The summed E-state index contributed by atoms with van der Waals surface area (Å²) in [6.45, 7) is 8.15. The number of allylic oxidation sites excluding steroid dienone is 1. The molecule has 0 aliphatic carbocycles. The molecule has 0 unspecified atom stereocenters. The van der Waals surface area contributed by atoms with Gasteiger partial charge in [-0.05, 0) is 44.0 Å². The zero-order valence-electron chi connectivity index (χ0n) is 9.79. The van der Waals surface area contributed by atoms with Gasteiger partial charge in [0.1, 0.15) is 5.82 Å². The minimum Gasteiger partial charge on any atom is -0.366 e. The molecule has 16 heavy (non-hydrogen) atoms. The van der Waals surface area contributed by atoms with Crippen LogP contribution in [0.4, 0.5) is 5.82 Å². The fourth-order valence-corrected chi connectivity index (χ4v) is 2.03.